The van der Waals surface area contributed by atoms with Gasteiger partial charge >= 0.3 is 55.5 Å². The molecular weight excluding hydrogens is 163 g/mol. The summed E-state index contributed by atoms with van der Waals surface area (Å²) in [5.41, 5.74) is 4.53. The van der Waals surface area contributed by atoms with Crippen LogP contribution in [0.4, 0.5) is 0 Å². The molecule has 1 unspecified atom stereocenters. The molecule has 0 rings (SSSR count). The topological polar surface area (TPSA) is 9.23 Å². The number of hydrogen-bond donors (Lipinski definition) is 0. The second-order valence-corrected chi connectivity index (χ2v) is 7.43. The van der Waals surface area contributed by atoms with Gasteiger partial charge in [-0.3, -0.25) is 0 Å². The number of ether oxygens (including phenoxy) is 1. The second kappa shape index (κ2) is 4.03. The number of hydrogen-bond acceptors (Lipinski definition) is 1. The molecule has 0 spiro atoms. The quantitative estimate of drug-likeness (QED) is 0.470. The molecule has 0 aliphatic rings. The first-order chi connectivity index (χ1) is 3.68. The molecule has 2 heteroatoms. The third kappa shape index (κ3) is 3.15. The standard InChI is InChI=1S/C6H13AsO/c1-5-8-6(2)7(3)4/h5-6H,1H2,2-4H3. The van der Waals surface area contributed by atoms with Crippen molar-refractivity contribution in [3.8, 4) is 0 Å². The Kier molecular flexibility index (Phi) is 4.07. The Labute approximate surface area is 56.0 Å². The summed E-state index contributed by atoms with van der Waals surface area (Å²) in [7, 11) is 0. The monoisotopic (exact) mass is 176 g/mol. The van der Waals surface area contributed by atoms with Crippen LogP contribution in [-0.2, 0) is 4.74 Å². The molecule has 0 aromatic rings. The van der Waals surface area contributed by atoms with E-state index < -0.39 is 14.7 Å². The van der Waals surface area contributed by atoms with Crippen LogP contribution in [0.2, 0.25) is 11.4 Å². The van der Waals surface area contributed by atoms with Gasteiger partial charge < -0.3 is 0 Å². The fourth-order valence-electron chi connectivity index (χ4n) is 0.261. The Bertz CT molecular complexity index is 70.9. The maximum atomic E-state index is 5.13. The predicted octanol–water partition coefficient (Wildman–Crippen LogP) is 1.83. The molecule has 1 atom stereocenters. The van der Waals surface area contributed by atoms with Gasteiger partial charge in [-0.2, -0.15) is 0 Å². The summed E-state index contributed by atoms with van der Waals surface area (Å²) in [6.07, 6.45) is 1.53. The first kappa shape index (κ1) is 8.10. The van der Waals surface area contributed by atoms with Gasteiger partial charge in [-0.25, -0.2) is 0 Å². The average Bonchev–Trinajstić information content (AvgIpc) is 1.67. The fraction of sp³-hybridized carbons (Fsp3) is 0.667. The zero-order chi connectivity index (χ0) is 6.57. The molecule has 0 fully saturated rings. The van der Waals surface area contributed by atoms with Crippen molar-refractivity contribution >= 4 is 14.7 Å². The van der Waals surface area contributed by atoms with Crippen molar-refractivity contribution in [2.45, 2.75) is 23.2 Å². The van der Waals surface area contributed by atoms with Crippen molar-refractivity contribution in [1.29, 1.82) is 0 Å². The summed E-state index contributed by atoms with van der Waals surface area (Å²) >= 11 is -0.633. The van der Waals surface area contributed by atoms with Gasteiger partial charge in [0.2, 0.25) is 0 Å². The van der Waals surface area contributed by atoms with Crippen LogP contribution in [0.15, 0.2) is 12.8 Å². The summed E-state index contributed by atoms with van der Waals surface area (Å²) < 4.78 is 5.13. The van der Waals surface area contributed by atoms with Crippen LogP contribution in [0.5, 0.6) is 0 Å². The molecule has 0 aromatic carbocycles. The van der Waals surface area contributed by atoms with E-state index in [0.29, 0.717) is 4.89 Å². The summed E-state index contributed by atoms with van der Waals surface area (Å²) in [6.45, 7) is 5.58. The van der Waals surface area contributed by atoms with Crippen molar-refractivity contribution in [2.24, 2.45) is 0 Å². The molecule has 0 N–H and O–H groups in total. The average molecular weight is 176 g/mol. The minimum atomic E-state index is -0.633. The van der Waals surface area contributed by atoms with Crippen molar-refractivity contribution in [2.75, 3.05) is 0 Å². The van der Waals surface area contributed by atoms with E-state index in [1.165, 1.54) is 6.26 Å². The Balaban J connectivity index is 3.30. The van der Waals surface area contributed by atoms with E-state index in [1.54, 1.807) is 0 Å². The zero-order valence-electron chi connectivity index (χ0n) is 5.72. The SMILES string of the molecule is C=COC(C)[As](C)C. The first-order valence-corrected chi connectivity index (χ1v) is 7.45. The van der Waals surface area contributed by atoms with E-state index >= 15 is 0 Å². The Morgan fingerprint density at radius 3 is 2.25 bits per heavy atom. The molecule has 0 bridgehead atoms. The molecule has 0 saturated carbocycles. The van der Waals surface area contributed by atoms with Gasteiger partial charge in [0, 0.05) is 0 Å². The molecular formula is C6H13AsO. The van der Waals surface area contributed by atoms with Crippen molar-refractivity contribution in [3.05, 3.63) is 12.8 Å². The molecule has 8 heavy (non-hydrogen) atoms. The molecule has 0 aliphatic heterocycles. The van der Waals surface area contributed by atoms with Crippen LogP contribution >= 0.6 is 0 Å². The summed E-state index contributed by atoms with van der Waals surface area (Å²) in [4.78, 5) is 0.444. The van der Waals surface area contributed by atoms with Crippen LogP contribution in [0.1, 0.15) is 6.92 Å². The third-order valence-corrected chi connectivity index (χ3v) is 4.33. The zero-order valence-corrected chi connectivity index (χ0v) is 7.59. The van der Waals surface area contributed by atoms with E-state index in [4.69, 9.17) is 4.74 Å². The van der Waals surface area contributed by atoms with Crippen molar-refractivity contribution < 1.29 is 4.74 Å². The molecule has 0 aliphatic carbocycles. The molecule has 0 amide bonds. The van der Waals surface area contributed by atoms with Crippen LogP contribution in [-0.4, -0.2) is 19.5 Å². The van der Waals surface area contributed by atoms with Gasteiger partial charge in [0.15, 0.2) is 0 Å². The predicted molar refractivity (Wildman–Crippen MR) is 38.2 cm³/mol. The molecule has 0 radical (unpaired) electrons. The summed E-state index contributed by atoms with van der Waals surface area (Å²) in [6, 6.07) is 0. The maximum absolute atomic E-state index is 5.13. The molecule has 0 heterocycles. The number of rotatable bonds is 3. The van der Waals surface area contributed by atoms with Gasteiger partial charge in [0.25, 0.3) is 0 Å². The van der Waals surface area contributed by atoms with E-state index in [-0.39, 0.29) is 0 Å². The van der Waals surface area contributed by atoms with Crippen molar-refractivity contribution in [1.82, 2.24) is 0 Å². The van der Waals surface area contributed by atoms with E-state index in [9.17, 15) is 0 Å². The van der Waals surface area contributed by atoms with Crippen LogP contribution in [0, 0.1) is 0 Å². The van der Waals surface area contributed by atoms with Crippen molar-refractivity contribution in [3.63, 3.8) is 0 Å². The molecule has 0 saturated heterocycles. The molecule has 0 aromatic heterocycles. The van der Waals surface area contributed by atoms with Gasteiger partial charge in [-0.05, 0) is 0 Å². The molecule has 48 valence electrons. The van der Waals surface area contributed by atoms with E-state index in [0.717, 1.165) is 0 Å². The first-order valence-electron chi connectivity index (χ1n) is 2.61. The van der Waals surface area contributed by atoms with E-state index in [2.05, 4.69) is 24.9 Å². The third-order valence-electron chi connectivity index (χ3n) is 1.02. The molecule has 1 nitrogen and oxygen atoms in total. The summed E-state index contributed by atoms with van der Waals surface area (Å²) in [5.74, 6) is 0. The second-order valence-electron chi connectivity index (χ2n) is 1.87. The normalized spacial score (nSPS) is 13.5. The summed E-state index contributed by atoms with van der Waals surface area (Å²) in [5, 5.41) is 0. The van der Waals surface area contributed by atoms with Gasteiger partial charge in [0.05, 0.1) is 0 Å². The van der Waals surface area contributed by atoms with Crippen LogP contribution in [0.25, 0.3) is 0 Å². The van der Waals surface area contributed by atoms with Gasteiger partial charge in [-0.15, -0.1) is 0 Å². The Morgan fingerprint density at radius 2 is 2.12 bits per heavy atom. The van der Waals surface area contributed by atoms with Crippen LogP contribution in [0.3, 0.4) is 0 Å². The Morgan fingerprint density at radius 1 is 1.62 bits per heavy atom. The fourth-order valence-corrected chi connectivity index (χ4v) is 0.952. The van der Waals surface area contributed by atoms with Crippen LogP contribution < -0.4 is 0 Å². The van der Waals surface area contributed by atoms with E-state index in [1.807, 2.05) is 0 Å². The van der Waals surface area contributed by atoms with Gasteiger partial charge in [0.1, 0.15) is 0 Å². The minimum absolute atomic E-state index is 0.444. The van der Waals surface area contributed by atoms with Gasteiger partial charge in [-0.1, -0.05) is 0 Å². The Hall–Kier alpha value is 0.0984.